The first kappa shape index (κ1) is 19.7. The first-order valence-electron chi connectivity index (χ1n) is 8.96. The Hall–Kier alpha value is -1.60. The minimum Gasteiger partial charge on any atom is -0.348 e. The second-order valence-electron chi connectivity index (χ2n) is 6.60. The molecule has 1 aliphatic carbocycles. The molecule has 1 amide bonds. The van der Waals surface area contributed by atoms with Gasteiger partial charge in [-0.05, 0) is 50.2 Å². The van der Waals surface area contributed by atoms with Gasteiger partial charge in [0.25, 0.3) is 5.91 Å². The Bertz CT molecular complexity index is 669. The molecule has 0 heterocycles. The molecule has 0 spiro atoms. The lowest BCUT2D eigenvalue weighted by molar-refractivity contribution is 0.0846. The van der Waals surface area contributed by atoms with Crippen LogP contribution in [0.5, 0.6) is 0 Å². The summed E-state index contributed by atoms with van der Waals surface area (Å²) < 4.78 is 24.9. The predicted octanol–water partition coefficient (Wildman–Crippen LogP) is 2.44. The standard InChI is InChI=1S/C18H29N3O3S/c1-4-21(5-2)17-9-7-6-8-16(17)19-18(22)14-10-12-15(13-11-14)20-25(3,23)24/h10-13,16-17,20H,4-9H2,1-3H3,(H,19,22). The van der Waals surface area contributed by atoms with Crippen LogP contribution in [0.15, 0.2) is 24.3 Å². The number of carbonyl (C=O) groups is 1. The fourth-order valence-corrected chi connectivity index (χ4v) is 4.13. The molecular formula is C18H29N3O3S. The summed E-state index contributed by atoms with van der Waals surface area (Å²) in [5.41, 5.74) is 1.00. The number of hydrogen-bond donors (Lipinski definition) is 2. The van der Waals surface area contributed by atoms with Crippen molar-refractivity contribution in [3.63, 3.8) is 0 Å². The van der Waals surface area contributed by atoms with Crippen LogP contribution in [0, 0.1) is 0 Å². The summed E-state index contributed by atoms with van der Waals surface area (Å²) in [4.78, 5) is 15.0. The van der Waals surface area contributed by atoms with E-state index < -0.39 is 10.0 Å². The first-order chi connectivity index (χ1) is 11.8. The van der Waals surface area contributed by atoms with Crippen LogP contribution in [0.4, 0.5) is 5.69 Å². The Labute approximate surface area is 151 Å². The molecule has 140 valence electrons. The van der Waals surface area contributed by atoms with Gasteiger partial charge in [0.1, 0.15) is 0 Å². The number of rotatable bonds is 7. The van der Waals surface area contributed by atoms with Gasteiger partial charge in [-0.1, -0.05) is 26.7 Å². The quantitative estimate of drug-likeness (QED) is 0.776. The van der Waals surface area contributed by atoms with Crippen LogP contribution in [0.25, 0.3) is 0 Å². The van der Waals surface area contributed by atoms with Crippen LogP contribution in [0.1, 0.15) is 49.9 Å². The lowest BCUT2D eigenvalue weighted by Crippen LogP contribution is -2.53. The number of likely N-dealkylation sites (N-methyl/N-ethyl adjacent to an activating group) is 1. The molecule has 0 bridgehead atoms. The molecule has 1 aromatic rings. The zero-order valence-electron chi connectivity index (χ0n) is 15.3. The van der Waals surface area contributed by atoms with Gasteiger partial charge in [-0.25, -0.2) is 8.42 Å². The topological polar surface area (TPSA) is 78.5 Å². The fraction of sp³-hybridized carbons (Fsp3) is 0.611. The van der Waals surface area contributed by atoms with Crippen molar-refractivity contribution in [2.75, 3.05) is 24.1 Å². The van der Waals surface area contributed by atoms with Crippen LogP contribution in [0.3, 0.4) is 0 Å². The number of nitrogens with zero attached hydrogens (tertiary/aromatic N) is 1. The van der Waals surface area contributed by atoms with Gasteiger partial charge in [-0.15, -0.1) is 0 Å². The number of anilines is 1. The Morgan fingerprint density at radius 3 is 2.28 bits per heavy atom. The second-order valence-corrected chi connectivity index (χ2v) is 8.35. The Balaban J connectivity index is 2.04. The molecule has 1 aliphatic rings. The summed E-state index contributed by atoms with van der Waals surface area (Å²) in [5, 5.41) is 3.18. The van der Waals surface area contributed by atoms with E-state index in [1.165, 1.54) is 6.42 Å². The molecule has 1 saturated carbocycles. The zero-order chi connectivity index (χ0) is 18.4. The first-order valence-corrected chi connectivity index (χ1v) is 10.9. The summed E-state index contributed by atoms with van der Waals surface area (Å²) in [5.74, 6) is -0.102. The number of nitrogens with one attached hydrogen (secondary N) is 2. The van der Waals surface area contributed by atoms with Crippen molar-refractivity contribution in [3.8, 4) is 0 Å². The summed E-state index contributed by atoms with van der Waals surface area (Å²) in [7, 11) is -3.31. The molecule has 6 nitrogen and oxygen atoms in total. The molecule has 0 aromatic heterocycles. The third-order valence-electron chi connectivity index (χ3n) is 4.78. The molecular weight excluding hydrogens is 338 g/mol. The van der Waals surface area contributed by atoms with E-state index in [1.54, 1.807) is 24.3 Å². The average Bonchev–Trinajstić information content (AvgIpc) is 2.56. The van der Waals surface area contributed by atoms with Gasteiger partial charge in [0.15, 0.2) is 0 Å². The fourth-order valence-electron chi connectivity index (χ4n) is 3.56. The van der Waals surface area contributed by atoms with Gasteiger partial charge in [-0.3, -0.25) is 14.4 Å². The van der Waals surface area contributed by atoms with Gasteiger partial charge in [0.2, 0.25) is 10.0 Å². The van der Waals surface area contributed by atoms with E-state index in [0.29, 0.717) is 17.3 Å². The second kappa shape index (κ2) is 8.67. The molecule has 0 saturated heterocycles. The molecule has 2 N–H and O–H groups in total. The van der Waals surface area contributed by atoms with Crippen molar-refractivity contribution in [1.29, 1.82) is 0 Å². The van der Waals surface area contributed by atoms with Crippen LogP contribution in [-0.4, -0.2) is 50.7 Å². The normalized spacial score (nSPS) is 21.1. The van der Waals surface area contributed by atoms with Gasteiger partial charge in [0.05, 0.1) is 6.26 Å². The molecule has 2 unspecified atom stereocenters. The minimum absolute atomic E-state index is 0.102. The van der Waals surface area contributed by atoms with Crippen LogP contribution in [0.2, 0.25) is 0 Å². The molecule has 0 radical (unpaired) electrons. The molecule has 2 atom stereocenters. The maximum absolute atomic E-state index is 12.6. The molecule has 2 rings (SSSR count). The molecule has 25 heavy (non-hydrogen) atoms. The highest BCUT2D eigenvalue weighted by Gasteiger charge is 2.30. The van der Waals surface area contributed by atoms with E-state index in [0.717, 1.165) is 38.6 Å². The number of sulfonamides is 1. The zero-order valence-corrected chi connectivity index (χ0v) is 16.1. The third kappa shape index (κ3) is 5.71. The lowest BCUT2D eigenvalue weighted by atomic mass is 9.88. The molecule has 1 fully saturated rings. The van der Waals surface area contributed by atoms with Crippen molar-refractivity contribution in [1.82, 2.24) is 10.2 Å². The van der Waals surface area contributed by atoms with Crippen molar-refractivity contribution in [2.24, 2.45) is 0 Å². The average molecular weight is 368 g/mol. The summed E-state index contributed by atoms with van der Waals surface area (Å²) in [6, 6.07) is 7.07. The maximum atomic E-state index is 12.6. The summed E-state index contributed by atoms with van der Waals surface area (Å²) >= 11 is 0. The highest BCUT2D eigenvalue weighted by Crippen LogP contribution is 2.23. The van der Waals surface area contributed by atoms with E-state index in [1.807, 2.05) is 0 Å². The van der Waals surface area contributed by atoms with Crippen LogP contribution in [-0.2, 0) is 10.0 Å². The monoisotopic (exact) mass is 367 g/mol. The van der Waals surface area contributed by atoms with Crippen molar-refractivity contribution in [2.45, 2.75) is 51.6 Å². The SMILES string of the molecule is CCN(CC)C1CCCCC1NC(=O)c1ccc(NS(C)(=O)=O)cc1. The number of carbonyl (C=O) groups excluding carboxylic acids is 1. The highest BCUT2D eigenvalue weighted by molar-refractivity contribution is 7.92. The lowest BCUT2D eigenvalue weighted by Gasteiger charge is -2.39. The number of hydrogen-bond acceptors (Lipinski definition) is 4. The Kier molecular flexibility index (Phi) is 6.84. The Morgan fingerprint density at radius 1 is 1.12 bits per heavy atom. The number of amides is 1. The molecule has 7 heteroatoms. The van der Waals surface area contributed by atoms with Crippen LogP contribution >= 0.6 is 0 Å². The van der Waals surface area contributed by atoms with Crippen molar-refractivity contribution < 1.29 is 13.2 Å². The molecule has 0 aliphatic heterocycles. The molecule has 1 aromatic carbocycles. The summed E-state index contributed by atoms with van der Waals surface area (Å²) in [6.07, 6.45) is 5.56. The van der Waals surface area contributed by atoms with E-state index >= 15 is 0 Å². The van der Waals surface area contributed by atoms with Crippen LogP contribution < -0.4 is 10.0 Å². The van der Waals surface area contributed by atoms with Gasteiger partial charge >= 0.3 is 0 Å². The largest absolute Gasteiger partial charge is 0.348 e. The van der Waals surface area contributed by atoms with Gasteiger partial charge in [-0.2, -0.15) is 0 Å². The van der Waals surface area contributed by atoms with E-state index in [-0.39, 0.29) is 11.9 Å². The van der Waals surface area contributed by atoms with Gasteiger partial charge in [0, 0.05) is 23.3 Å². The van der Waals surface area contributed by atoms with E-state index in [2.05, 4.69) is 28.8 Å². The maximum Gasteiger partial charge on any atom is 0.251 e. The van der Waals surface area contributed by atoms with E-state index in [4.69, 9.17) is 0 Å². The van der Waals surface area contributed by atoms with E-state index in [9.17, 15) is 13.2 Å². The van der Waals surface area contributed by atoms with Gasteiger partial charge < -0.3 is 5.32 Å². The number of benzene rings is 1. The smallest absolute Gasteiger partial charge is 0.251 e. The van der Waals surface area contributed by atoms with Crippen molar-refractivity contribution >= 4 is 21.6 Å². The highest BCUT2D eigenvalue weighted by atomic mass is 32.2. The third-order valence-corrected chi connectivity index (χ3v) is 5.38. The predicted molar refractivity (Wildman–Crippen MR) is 101 cm³/mol. The van der Waals surface area contributed by atoms with Crippen molar-refractivity contribution in [3.05, 3.63) is 29.8 Å². The minimum atomic E-state index is -3.31. The summed E-state index contributed by atoms with van der Waals surface area (Å²) in [6.45, 7) is 6.29. The Morgan fingerprint density at radius 2 is 1.72 bits per heavy atom.